The zero-order valence-corrected chi connectivity index (χ0v) is 17.1. The summed E-state index contributed by atoms with van der Waals surface area (Å²) in [6.45, 7) is 0.370. The van der Waals surface area contributed by atoms with E-state index in [-0.39, 0.29) is 17.7 Å². The minimum atomic E-state index is -0.235. The van der Waals surface area contributed by atoms with Crippen molar-refractivity contribution < 1.29 is 14.4 Å². The second kappa shape index (κ2) is 8.62. The predicted octanol–water partition coefficient (Wildman–Crippen LogP) is 4.06. The minimum Gasteiger partial charge on any atom is -0.301 e. The normalized spacial score (nSPS) is 13.0. The molecule has 2 aromatic heterocycles. The Morgan fingerprint density at radius 1 is 0.966 bits per heavy atom. The van der Waals surface area contributed by atoms with Crippen molar-refractivity contribution in [2.24, 2.45) is 0 Å². The Balaban J connectivity index is 1.18. The quantitative estimate of drug-likeness (QED) is 0.433. The third kappa shape index (κ3) is 4.25. The molecule has 1 aliphatic rings. The first-order chi connectivity index (χ1) is 14.1. The van der Waals surface area contributed by atoms with Crippen LogP contribution in [0.5, 0.6) is 0 Å². The van der Waals surface area contributed by atoms with Gasteiger partial charge in [-0.1, -0.05) is 36.0 Å². The molecule has 148 valence electrons. The van der Waals surface area contributed by atoms with Gasteiger partial charge in [-0.25, -0.2) is 0 Å². The molecule has 0 bridgehead atoms. The van der Waals surface area contributed by atoms with Crippen molar-refractivity contribution in [3.05, 3.63) is 52.9 Å². The molecule has 0 atom stereocenters. The van der Waals surface area contributed by atoms with E-state index in [2.05, 4.69) is 15.5 Å². The van der Waals surface area contributed by atoms with E-state index in [9.17, 15) is 14.4 Å². The van der Waals surface area contributed by atoms with Gasteiger partial charge >= 0.3 is 0 Å². The van der Waals surface area contributed by atoms with E-state index in [1.54, 1.807) is 35.6 Å². The van der Waals surface area contributed by atoms with Crippen molar-refractivity contribution in [2.75, 3.05) is 11.9 Å². The highest BCUT2D eigenvalue weighted by Gasteiger charge is 2.34. The van der Waals surface area contributed by atoms with E-state index < -0.39 is 0 Å². The highest BCUT2D eigenvalue weighted by atomic mass is 32.1. The number of fused-ring (bicyclic) bond motifs is 1. The van der Waals surface area contributed by atoms with Crippen LogP contribution in [0.1, 0.15) is 46.4 Å². The fourth-order valence-electron chi connectivity index (χ4n) is 3.13. The molecular weight excluding hydrogens is 408 g/mol. The molecule has 1 aliphatic heterocycles. The molecule has 29 heavy (non-hydrogen) atoms. The second-order valence-corrected chi connectivity index (χ2v) is 8.48. The molecule has 0 unspecified atom stereocenters. The van der Waals surface area contributed by atoms with Gasteiger partial charge in [-0.3, -0.25) is 19.3 Å². The highest BCUT2D eigenvalue weighted by Crippen LogP contribution is 2.29. The number of hydrogen-bond donors (Lipinski definition) is 1. The molecule has 0 radical (unpaired) electrons. The number of benzene rings is 1. The average molecular weight is 427 g/mol. The largest absolute Gasteiger partial charge is 0.301 e. The number of thiophene rings is 1. The molecule has 3 aromatic rings. The lowest BCUT2D eigenvalue weighted by Gasteiger charge is -2.13. The first-order valence-corrected chi connectivity index (χ1v) is 11.0. The van der Waals surface area contributed by atoms with Gasteiger partial charge in [0.1, 0.15) is 0 Å². The number of amides is 3. The number of carbonyl (C=O) groups is 3. The van der Waals surface area contributed by atoms with Crippen LogP contribution >= 0.6 is 22.7 Å². The Hall–Kier alpha value is -2.91. The molecule has 9 heteroatoms. The first kappa shape index (κ1) is 19.4. The molecule has 1 N–H and O–H groups in total. The number of imide groups is 1. The number of carbonyl (C=O) groups excluding carboxylic acids is 3. The number of nitrogens with zero attached hydrogens (tertiary/aromatic N) is 3. The Morgan fingerprint density at radius 3 is 2.41 bits per heavy atom. The average Bonchev–Trinajstić information content (AvgIpc) is 3.45. The van der Waals surface area contributed by atoms with E-state index in [1.165, 1.54) is 16.2 Å². The third-order valence-corrected chi connectivity index (χ3v) is 6.44. The summed E-state index contributed by atoms with van der Waals surface area (Å²) >= 11 is 2.93. The molecule has 4 rings (SSSR count). The second-order valence-electron chi connectivity index (χ2n) is 6.56. The van der Waals surface area contributed by atoms with Crippen LogP contribution in [0.15, 0.2) is 41.8 Å². The van der Waals surface area contributed by atoms with Crippen molar-refractivity contribution in [1.29, 1.82) is 0 Å². The van der Waals surface area contributed by atoms with Crippen molar-refractivity contribution in [2.45, 2.75) is 25.7 Å². The molecule has 1 aromatic carbocycles. The summed E-state index contributed by atoms with van der Waals surface area (Å²) in [5.74, 6) is -0.582. The molecule has 7 nitrogen and oxygen atoms in total. The molecule has 0 saturated carbocycles. The van der Waals surface area contributed by atoms with Crippen LogP contribution in [0.25, 0.3) is 9.88 Å². The number of nitrogens with one attached hydrogen (secondary N) is 1. The molecule has 0 spiro atoms. The predicted molar refractivity (Wildman–Crippen MR) is 112 cm³/mol. The van der Waals surface area contributed by atoms with Gasteiger partial charge in [0.15, 0.2) is 5.01 Å². The maximum Gasteiger partial charge on any atom is 0.261 e. The van der Waals surface area contributed by atoms with Crippen molar-refractivity contribution in [3.63, 3.8) is 0 Å². The number of rotatable bonds is 8. The Morgan fingerprint density at radius 2 is 1.72 bits per heavy atom. The summed E-state index contributed by atoms with van der Waals surface area (Å²) < 4.78 is 0. The summed E-state index contributed by atoms with van der Waals surface area (Å²) in [4.78, 5) is 39.0. The van der Waals surface area contributed by atoms with Gasteiger partial charge in [-0.05, 0) is 36.4 Å². The van der Waals surface area contributed by atoms with Gasteiger partial charge in [-0.2, -0.15) is 0 Å². The maximum absolute atomic E-state index is 12.3. The van der Waals surface area contributed by atoms with Gasteiger partial charge in [0.05, 0.1) is 16.0 Å². The van der Waals surface area contributed by atoms with Gasteiger partial charge < -0.3 is 5.32 Å². The van der Waals surface area contributed by atoms with Crippen LogP contribution in [0.3, 0.4) is 0 Å². The monoisotopic (exact) mass is 426 g/mol. The van der Waals surface area contributed by atoms with Crippen LogP contribution in [0.4, 0.5) is 5.13 Å². The third-order valence-electron chi connectivity index (χ3n) is 4.57. The standard InChI is InChI=1S/C20H18N4O3S2/c25-16(21-20-23-22-17(29-20)15-9-6-12-28-15)10-2-1-5-11-24-18(26)13-7-3-4-8-14(13)19(24)27/h3-4,6-9,12H,1-2,5,10-11H2,(H,21,23,25). The van der Waals surface area contributed by atoms with Crippen LogP contribution in [0, 0.1) is 0 Å². The van der Waals surface area contributed by atoms with Gasteiger partial charge in [0.25, 0.3) is 11.8 Å². The van der Waals surface area contributed by atoms with Crippen LogP contribution < -0.4 is 5.32 Å². The van der Waals surface area contributed by atoms with Crippen molar-refractivity contribution in [3.8, 4) is 9.88 Å². The van der Waals surface area contributed by atoms with Crippen molar-refractivity contribution >= 4 is 45.5 Å². The summed E-state index contributed by atoms with van der Waals surface area (Å²) in [6, 6.07) is 10.8. The summed E-state index contributed by atoms with van der Waals surface area (Å²) in [5.41, 5.74) is 0.937. The molecule has 3 amide bonds. The van der Waals surface area contributed by atoms with Crippen LogP contribution in [-0.2, 0) is 4.79 Å². The van der Waals surface area contributed by atoms with E-state index in [1.807, 2.05) is 17.5 Å². The summed E-state index contributed by atoms with van der Waals surface area (Å²) in [6.07, 6.45) is 2.44. The lowest BCUT2D eigenvalue weighted by atomic mass is 10.1. The Bertz CT molecular complexity index is 1010. The number of unbranched alkanes of at least 4 members (excludes halogenated alkanes) is 2. The SMILES string of the molecule is O=C(CCCCCN1C(=O)c2ccccc2C1=O)Nc1nnc(-c2cccs2)s1. The minimum absolute atomic E-state index is 0.111. The van der Waals surface area contributed by atoms with Crippen molar-refractivity contribution in [1.82, 2.24) is 15.1 Å². The van der Waals surface area contributed by atoms with Crippen LogP contribution in [-0.4, -0.2) is 39.4 Å². The Labute approximate surface area is 175 Å². The van der Waals surface area contributed by atoms with Gasteiger partial charge in [0.2, 0.25) is 11.0 Å². The number of aromatic nitrogens is 2. The zero-order valence-electron chi connectivity index (χ0n) is 15.5. The number of hydrogen-bond acceptors (Lipinski definition) is 7. The van der Waals surface area contributed by atoms with Gasteiger partial charge in [-0.15, -0.1) is 21.5 Å². The highest BCUT2D eigenvalue weighted by molar-refractivity contribution is 7.23. The van der Waals surface area contributed by atoms with Crippen LogP contribution in [0.2, 0.25) is 0 Å². The molecule has 0 aliphatic carbocycles. The topological polar surface area (TPSA) is 92.3 Å². The lowest BCUT2D eigenvalue weighted by molar-refractivity contribution is -0.116. The van der Waals surface area contributed by atoms with E-state index in [0.29, 0.717) is 42.1 Å². The Kier molecular flexibility index (Phi) is 5.77. The molecule has 0 fully saturated rings. The first-order valence-electron chi connectivity index (χ1n) is 9.26. The molecule has 0 saturated heterocycles. The smallest absolute Gasteiger partial charge is 0.261 e. The van der Waals surface area contributed by atoms with E-state index in [4.69, 9.17) is 0 Å². The molecular formula is C20H18N4O3S2. The maximum atomic E-state index is 12.3. The van der Waals surface area contributed by atoms with Gasteiger partial charge in [0, 0.05) is 13.0 Å². The summed E-state index contributed by atoms with van der Waals surface area (Å²) in [5, 5.41) is 14.1. The fourth-order valence-corrected chi connectivity index (χ4v) is 4.68. The molecule has 3 heterocycles. The fraction of sp³-hybridized carbons (Fsp3) is 0.250. The lowest BCUT2D eigenvalue weighted by Crippen LogP contribution is -2.30. The van der Waals surface area contributed by atoms with E-state index in [0.717, 1.165) is 16.3 Å². The zero-order chi connectivity index (χ0) is 20.2. The number of anilines is 1. The summed E-state index contributed by atoms with van der Waals surface area (Å²) in [7, 11) is 0. The van der Waals surface area contributed by atoms with E-state index >= 15 is 0 Å².